The van der Waals surface area contributed by atoms with Crippen molar-refractivity contribution in [2.24, 2.45) is 0 Å². The lowest BCUT2D eigenvalue weighted by molar-refractivity contribution is 0.0294. The maximum atomic E-state index is 15.3. The molecule has 172 valence electrons. The van der Waals surface area contributed by atoms with Crippen LogP contribution < -0.4 is 4.74 Å². The van der Waals surface area contributed by atoms with Gasteiger partial charge in [0.25, 0.3) is 5.91 Å². The number of nitrogens with zero attached hydrogens (tertiary/aromatic N) is 1. The van der Waals surface area contributed by atoms with Crippen LogP contribution in [0.5, 0.6) is 5.75 Å². The second-order valence-electron chi connectivity index (χ2n) is 7.99. The minimum atomic E-state index is -4.36. The van der Waals surface area contributed by atoms with Crippen LogP contribution in [0.2, 0.25) is 5.02 Å². The highest BCUT2D eigenvalue weighted by atomic mass is 35.5. The molecule has 0 aliphatic carbocycles. The zero-order chi connectivity index (χ0) is 23.4. The summed E-state index contributed by atoms with van der Waals surface area (Å²) in [5.74, 6) is -2.77. The number of halogens is 3. The molecule has 0 N–H and O–H groups in total. The molecular formula is C23H18ClF2NO5S. The first-order chi connectivity index (χ1) is 15.8. The molecule has 2 aliphatic rings. The predicted octanol–water partition coefficient (Wildman–Crippen LogP) is 4.58. The van der Waals surface area contributed by atoms with E-state index in [1.165, 1.54) is 47.6 Å². The normalized spacial score (nSPS) is 22.3. The molecule has 10 heteroatoms. The summed E-state index contributed by atoms with van der Waals surface area (Å²) in [7, 11) is -4.36. The highest BCUT2D eigenvalue weighted by Crippen LogP contribution is 2.53. The van der Waals surface area contributed by atoms with E-state index < -0.39 is 49.5 Å². The Bertz CT molecular complexity index is 1330. The van der Waals surface area contributed by atoms with Gasteiger partial charge in [-0.25, -0.2) is 17.2 Å². The molecule has 1 saturated heterocycles. The SMILES string of the molecule is O=C(c1ccco1)N1CCC[C@]2(S(=O)(=O)c3ccc(Cl)cc3)c3c(F)ccc(F)c3OC[C@H]12. The Morgan fingerprint density at radius 1 is 1.09 bits per heavy atom. The van der Waals surface area contributed by atoms with Gasteiger partial charge in [0.05, 0.1) is 22.8 Å². The largest absolute Gasteiger partial charge is 0.488 e. The average Bonchev–Trinajstić information content (AvgIpc) is 3.35. The molecule has 0 unspecified atom stereocenters. The molecule has 1 aromatic heterocycles. The van der Waals surface area contributed by atoms with E-state index in [1.807, 2.05) is 0 Å². The average molecular weight is 494 g/mol. The molecule has 2 atom stereocenters. The molecule has 6 nitrogen and oxygen atoms in total. The van der Waals surface area contributed by atoms with Gasteiger partial charge in [0.15, 0.2) is 27.2 Å². The van der Waals surface area contributed by atoms with Gasteiger partial charge >= 0.3 is 0 Å². The first kappa shape index (κ1) is 21.9. The van der Waals surface area contributed by atoms with Crippen LogP contribution in [0.15, 0.2) is 64.1 Å². The Hall–Kier alpha value is -2.91. The van der Waals surface area contributed by atoms with Gasteiger partial charge < -0.3 is 14.1 Å². The number of carbonyl (C=O) groups is 1. The number of fused-ring (bicyclic) bond motifs is 3. The van der Waals surface area contributed by atoms with E-state index in [9.17, 15) is 17.6 Å². The Morgan fingerprint density at radius 2 is 1.82 bits per heavy atom. The summed E-state index contributed by atoms with van der Waals surface area (Å²) in [4.78, 5) is 14.4. The van der Waals surface area contributed by atoms with Crippen molar-refractivity contribution in [2.75, 3.05) is 13.2 Å². The van der Waals surface area contributed by atoms with Crippen molar-refractivity contribution in [3.05, 3.63) is 82.8 Å². The molecule has 3 aromatic rings. The standard InChI is InChI=1S/C23H18ClF2NO5S/c24-14-4-6-15(7-5-14)33(29,30)23-10-2-11-27(22(28)18-3-1-12-31-18)19(23)13-32-21-17(26)9-8-16(25)20(21)23/h1,3-9,12,19H,2,10-11,13H2/t19-,23+/m0/s1. The van der Waals surface area contributed by atoms with Crippen LogP contribution in [0.1, 0.15) is 29.0 Å². The smallest absolute Gasteiger partial charge is 0.289 e. The van der Waals surface area contributed by atoms with Gasteiger partial charge in [0.2, 0.25) is 0 Å². The molecule has 0 saturated carbocycles. The molecule has 2 aliphatic heterocycles. The molecule has 33 heavy (non-hydrogen) atoms. The third-order valence-corrected chi connectivity index (χ3v) is 9.11. The number of hydrogen-bond donors (Lipinski definition) is 0. The number of likely N-dealkylation sites (tertiary alicyclic amines) is 1. The highest BCUT2D eigenvalue weighted by molar-refractivity contribution is 7.92. The fourth-order valence-corrected chi connectivity index (χ4v) is 7.36. The zero-order valence-electron chi connectivity index (χ0n) is 17.1. The number of furan rings is 1. The summed E-state index contributed by atoms with van der Waals surface area (Å²) in [6.45, 7) is -0.121. The van der Waals surface area contributed by atoms with Crippen molar-refractivity contribution in [1.29, 1.82) is 0 Å². The molecule has 3 heterocycles. The van der Waals surface area contributed by atoms with Gasteiger partial charge in [-0.3, -0.25) is 4.79 Å². The molecule has 0 spiro atoms. The third-order valence-electron chi connectivity index (χ3n) is 6.33. The number of sulfone groups is 1. The third kappa shape index (κ3) is 3.17. The Morgan fingerprint density at radius 3 is 2.52 bits per heavy atom. The van der Waals surface area contributed by atoms with Crippen LogP contribution in [0, 0.1) is 11.6 Å². The molecule has 2 aromatic carbocycles. The summed E-state index contributed by atoms with van der Waals surface area (Å²) in [5.41, 5.74) is -0.398. The summed E-state index contributed by atoms with van der Waals surface area (Å²) in [6, 6.07) is 9.13. The van der Waals surface area contributed by atoms with E-state index in [2.05, 4.69) is 0 Å². The van der Waals surface area contributed by atoms with Crippen LogP contribution in [0.25, 0.3) is 0 Å². The second-order valence-corrected chi connectivity index (χ2v) is 10.6. The van der Waals surface area contributed by atoms with Crippen molar-refractivity contribution in [3.63, 3.8) is 0 Å². The van der Waals surface area contributed by atoms with Gasteiger partial charge in [-0.15, -0.1) is 0 Å². The van der Waals surface area contributed by atoms with Gasteiger partial charge in [-0.2, -0.15) is 0 Å². The van der Waals surface area contributed by atoms with Gasteiger partial charge in [0, 0.05) is 11.6 Å². The van der Waals surface area contributed by atoms with Crippen LogP contribution in [0.3, 0.4) is 0 Å². The predicted molar refractivity (Wildman–Crippen MR) is 115 cm³/mol. The fraction of sp³-hybridized carbons (Fsp3) is 0.261. The summed E-state index contributed by atoms with van der Waals surface area (Å²) >= 11 is 5.94. The van der Waals surface area contributed by atoms with Gasteiger partial charge in [0.1, 0.15) is 17.2 Å². The molecule has 1 fully saturated rings. The van der Waals surface area contributed by atoms with E-state index in [0.717, 1.165) is 12.1 Å². The Kier molecular flexibility index (Phi) is 5.21. The molecule has 1 amide bonds. The van der Waals surface area contributed by atoms with E-state index in [1.54, 1.807) is 0 Å². The zero-order valence-corrected chi connectivity index (χ0v) is 18.7. The molecular weight excluding hydrogens is 476 g/mol. The van der Waals surface area contributed by atoms with E-state index in [4.69, 9.17) is 20.8 Å². The Labute approximate surface area is 193 Å². The van der Waals surface area contributed by atoms with Crippen LogP contribution in [0.4, 0.5) is 8.78 Å². The number of carbonyl (C=O) groups excluding carboxylic acids is 1. The number of hydrogen-bond acceptors (Lipinski definition) is 5. The number of amides is 1. The van der Waals surface area contributed by atoms with Crippen LogP contribution in [-0.2, 0) is 14.6 Å². The summed E-state index contributed by atoms with van der Waals surface area (Å²) in [5, 5.41) is 0.325. The van der Waals surface area contributed by atoms with Crippen LogP contribution in [-0.4, -0.2) is 38.4 Å². The number of rotatable bonds is 3. The lowest BCUT2D eigenvalue weighted by atomic mass is 9.80. The summed E-state index contributed by atoms with van der Waals surface area (Å²) in [6.07, 6.45) is 1.54. The minimum Gasteiger partial charge on any atom is -0.488 e. The monoisotopic (exact) mass is 493 g/mol. The highest BCUT2D eigenvalue weighted by Gasteiger charge is 2.61. The lowest BCUT2D eigenvalue weighted by Gasteiger charge is -2.51. The van der Waals surface area contributed by atoms with Crippen molar-refractivity contribution in [1.82, 2.24) is 4.90 Å². The van der Waals surface area contributed by atoms with E-state index in [0.29, 0.717) is 5.02 Å². The van der Waals surface area contributed by atoms with Crippen molar-refractivity contribution >= 4 is 27.3 Å². The van der Waals surface area contributed by atoms with Gasteiger partial charge in [-0.05, 0) is 61.4 Å². The molecule has 0 bridgehead atoms. The Balaban J connectivity index is 1.77. The molecule has 5 rings (SSSR count). The van der Waals surface area contributed by atoms with E-state index in [-0.39, 0.29) is 36.6 Å². The molecule has 0 radical (unpaired) electrons. The number of piperidine rings is 1. The number of benzene rings is 2. The van der Waals surface area contributed by atoms with Crippen molar-refractivity contribution in [3.8, 4) is 5.75 Å². The van der Waals surface area contributed by atoms with Crippen molar-refractivity contribution in [2.45, 2.75) is 28.5 Å². The van der Waals surface area contributed by atoms with E-state index >= 15 is 4.39 Å². The lowest BCUT2D eigenvalue weighted by Crippen LogP contribution is -2.64. The quantitative estimate of drug-likeness (QED) is 0.534. The van der Waals surface area contributed by atoms with Crippen LogP contribution >= 0.6 is 11.6 Å². The first-order valence-corrected chi connectivity index (χ1v) is 12.1. The first-order valence-electron chi connectivity index (χ1n) is 10.2. The fourth-order valence-electron chi connectivity index (χ4n) is 4.89. The number of ether oxygens (including phenoxy) is 1. The van der Waals surface area contributed by atoms with Gasteiger partial charge in [-0.1, -0.05) is 11.6 Å². The maximum Gasteiger partial charge on any atom is 0.289 e. The second kappa shape index (κ2) is 7.85. The minimum absolute atomic E-state index is 0.0141. The van der Waals surface area contributed by atoms with Crippen molar-refractivity contribution < 1.29 is 31.1 Å². The topological polar surface area (TPSA) is 76.8 Å². The maximum absolute atomic E-state index is 15.3. The summed E-state index contributed by atoms with van der Waals surface area (Å²) < 4.78 is 67.2.